The van der Waals surface area contributed by atoms with Gasteiger partial charge in [-0.1, -0.05) is 18.2 Å². The van der Waals surface area contributed by atoms with E-state index in [1.165, 1.54) is 0 Å². The lowest BCUT2D eigenvalue weighted by molar-refractivity contribution is -0.107. The van der Waals surface area contributed by atoms with Crippen LogP contribution >= 0.6 is 0 Å². The molecular weight excluding hydrogens is 215 g/mol. The lowest BCUT2D eigenvalue weighted by Crippen LogP contribution is -2.44. The molecule has 0 heterocycles. The van der Waals surface area contributed by atoms with Gasteiger partial charge in [0.1, 0.15) is 5.75 Å². The molecule has 1 rings (SSSR count). The van der Waals surface area contributed by atoms with Gasteiger partial charge in [0.05, 0.1) is 18.3 Å². The fourth-order valence-electron chi connectivity index (χ4n) is 0.557. The van der Waals surface area contributed by atoms with E-state index in [0.29, 0.717) is 0 Å². The quantitative estimate of drug-likeness (QED) is 0.771. The monoisotopic (exact) mass is 237 g/mol. The van der Waals surface area contributed by atoms with Gasteiger partial charge >= 0.3 is 0 Å². The molecule has 2 N–H and O–H groups in total. The van der Waals surface area contributed by atoms with E-state index in [1.807, 2.05) is 30.3 Å². The second-order valence-electron chi connectivity index (χ2n) is 4.64. The van der Waals surface area contributed by atoms with Gasteiger partial charge in [0.25, 0.3) is 0 Å². The summed E-state index contributed by atoms with van der Waals surface area (Å²) in [6.45, 7) is 6.31. The number of aliphatic hydroxyl groups is 2. The Morgan fingerprint density at radius 1 is 0.882 bits per heavy atom. The summed E-state index contributed by atoms with van der Waals surface area (Å²) in [5.74, 6) is 0.910. The van der Waals surface area contributed by atoms with Crippen LogP contribution in [0.25, 0.3) is 0 Å². The molecule has 3 radical (unpaired) electrons. The van der Waals surface area contributed by atoms with Gasteiger partial charge in [-0.2, -0.15) is 0 Å². The molecular formula is C13H22BO3. The first-order valence-corrected chi connectivity index (χ1v) is 5.22. The zero-order chi connectivity index (χ0) is 12.8. The molecule has 0 spiro atoms. The van der Waals surface area contributed by atoms with Crippen molar-refractivity contribution in [2.75, 3.05) is 7.11 Å². The van der Waals surface area contributed by atoms with Crippen molar-refractivity contribution in [3.8, 4) is 5.75 Å². The summed E-state index contributed by atoms with van der Waals surface area (Å²) in [5, 5.41) is 18.2. The van der Waals surface area contributed by atoms with Crippen molar-refractivity contribution in [3.05, 3.63) is 30.3 Å². The van der Waals surface area contributed by atoms with Crippen molar-refractivity contribution in [2.45, 2.75) is 38.9 Å². The van der Waals surface area contributed by atoms with E-state index in [9.17, 15) is 0 Å². The van der Waals surface area contributed by atoms with Crippen molar-refractivity contribution >= 4 is 8.41 Å². The third kappa shape index (κ3) is 7.83. The highest BCUT2D eigenvalue weighted by Gasteiger charge is 2.31. The molecule has 4 heteroatoms. The van der Waals surface area contributed by atoms with Crippen molar-refractivity contribution in [1.82, 2.24) is 0 Å². The summed E-state index contributed by atoms with van der Waals surface area (Å²) in [4.78, 5) is 0. The number of hydrogen-bond acceptors (Lipinski definition) is 3. The Kier molecular flexibility index (Phi) is 7.95. The third-order valence-corrected chi connectivity index (χ3v) is 2.48. The molecule has 0 saturated carbocycles. The standard InChI is InChI=1S/C7H8O.C6H14O2.B/c1-8-7-5-3-2-4-6-7;1-5(2,7)6(3,4)8;/h2-6H,1H3;7-8H,1-4H3;. The van der Waals surface area contributed by atoms with E-state index in [-0.39, 0.29) is 8.41 Å². The minimum Gasteiger partial charge on any atom is -0.497 e. The summed E-state index contributed by atoms with van der Waals surface area (Å²) in [6.07, 6.45) is 0. The second-order valence-corrected chi connectivity index (χ2v) is 4.64. The number of benzene rings is 1. The van der Waals surface area contributed by atoms with Gasteiger partial charge in [-0.15, -0.1) is 0 Å². The van der Waals surface area contributed by atoms with Crippen LogP contribution in [-0.4, -0.2) is 36.9 Å². The summed E-state index contributed by atoms with van der Waals surface area (Å²) >= 11 is 0. The molecule has 0 aromatic heterocycles. The Labute approximate surface area is 106 Å². The number of rotatable bonds is 2. The zero-order valence-electron chi connectivity index (χ0n) is 11.3. The molecule has 0 aliphatic heterocycles. The topological polar surface area (TPSA) is 49.7 Å². The SMILES string of the molecule is CC(C)(O)C(C)(C)O.COc1ccccc1.[B]. The average Bonchev–Trinajstić information content (AvgIpc) is 2.17. The highest BCUT2D eigenvalue weighted by Crippen LogP contribution is 2.19. The van der Waals surface area contributed by atoms with E-state index in [1.54, 1.807) is 34.8 Å². The Morgan fingerprint density at radius 2 is 1.24 bits per heavy atom. The van der Waals surface area contributed by atoms with Crippen LogP contribution in [0.3, 0.4) is 0 Å². The van der Waals surface area contributed by atoms with Crippen LogP contribution in [0.2, 0.25) is 0 Å². The fourth-order valence-corrected chi connectivity index (χ4v) is 0.557. The molecule has 0 aliphatic carbocycles. The van der Waals surface area contributed by atoms with Crippen molar-refractivity contribution in [2.24, 2.45) is 0 Å². The van der Waals surface area contributed by atoms with E-state index < -0.39 is 11.2 Å². The minimum absolute atomic E-state index is 0. The summed E-state index contributed by atoms with van der Waals surface area (Å²) in [7, 11) is 1.66. The second kappa shape index (κ2) is 7.35. The molecule has 0 atom stereocenters. The van der Waals surface area contributed by atoms with Crippen LogP contribution in [0.5, 0.6) is 5.75 Å². The highest BCUT2D eigenvalue weighted by molar-refractivity contribution is 5.75. The van der Waals surface area contributed by atoms with E-state index in [2.05, 4.69) is 0 Å². The molecule has 0 unspecified atom stereocenters. The third-order valence-electron chi connectivity index (χ3n) is 2.48. The van der Waals surface area contributed by atoms with Gasteiger partial charge < -0.3 is 14.9 Å². The first-order valence-electron chi connectivity index (χ1n) is 5.22. The number of ether oxygens (including phenoxy) is 1. The van der Waals surface area contributed by atoms with Crippen LogP contribution in [-0.2, 0) is 0 Å². The Bertz CT molecular complexity index is 274. The van der Waals surface area contributed by atoms with Crippen molar-refractivity contribution < 1.29 is 14.9 Å². The van der Waals surface area contributed by atoms with Gasteiger partial charge in [-0.25, -0.2) is 0 Å². The molecule has 95 valence electrons. The van der Waals surface area contributed by atoms with E-state index >= 15 is 0 Å². The molecule has 1 aromatic rings. The van der Waals surface area contributed by atoms with Crippen molar-refractivity contribution in [3.63, 3.8) is 0 Å². The van der Waals surface area contributed by atoms with Gasteiger partial charge in [-0.05, 0) is 39.8 Å². The van der Waals surface area contributed by atoms with Crippen LogP contribution in [0, 0.1) is 0 Å². The lowest BCUT2D eigenvalue weighted by Gasteiger charge is -2.31. The maximum atomic E-state index is 9.10. The predicted octanol–water partition coefficient (Wildman–Crippen LogP) is 1.84. The molecule has 17 heavy (non-hydrogen) atoms. The Balaban J connectivity index is 0. The summed E-state index contributed by atoms with van der Waals surface area (Å²) in [5.41, 5.74) is -2.01. The maximum Gasteiger partial charge on any atom is 0.118 e. The van der Waals surface area contributed by atoms with E-state index in [0.717, 1.165) is 5.75 Å². The van der Waals surface area contributed by atoms with Crippen LogP contribution in [0.1, 0.15) is 27.7 Å². The largest absolute Gasteiger partial charge is 0.497 e. The van der Waals surface area contributed by atoms with E-state index in [4.69, 9.17) is 14.9 Å². The smallest absolute Gasteiger partial charge is 0.118 e. The normalized spacial score (nSPS) is 10.8. The predicted molar refractivity (Wildman–Crippen MR) is 71.3 cm³/mol. The lowest BCUT2D eigenvalue weighted by atomic mass is 9.90. The van der Waals surface area contributed by atoms with Gasteiger partial charge in [-0.3, -0.25) is 0 Å². The molecule has 0 aliphatic rings. The maximum absolute atomic E-state index is 9.10. The van der Waals surface area contributed by atoms with Crippen LogP contribution in [0.4, 0.5) is 0 Å². The molecule has 0 bridgehead atoms. The zero-order valence-corrected chi connectivity index (χ0v) is 11.3. The van der Waals surface area contributed by atoms with Gasteiger partial charge in [0.15, 0.2) is 0 Å². The summed E-state index contributed by atoms with van der Waals surface area (Å²) < 4.78 is 4.91. The van der Waals surface area contributed by atoms with Crippen molar-refractivity contribution in [1.29, 1.82) is 0 Å². The van der Waals surface area contributed by atoms with Crippen LogP contribution in [0.15, 0.2) is 30.3 Å². The summed E-state index contributed by atoms with van der Waals surface area (Å²) in [6, 6.07) is 9.68. The van der Waals surface area contributed by atoms with Gasteiger partial charge in [0.2, 0.25) is 0 Å². The first kappa shape index (κ1) is 18.4. The van der Waals surface area contributed by atoms with Gasteiger partial charge in [0, 0.05) is 8.41 Å². The molecule has 3 nitrogen and oxygen atoms in total. The fraction of sp³-hybridized carbons (Fsp3) is 0.538. The minimum atomic E-state index is -1.01. The molecule has 0 saturated heterocycles. The highest BCUT2D eigenvalue weighted by atomic mass is 16.5. The number of methoxy groups -OCH3 is 1. The molecule has 1 aromatic carbocycles. The molecule has 0 amide bonds. The first-order chi connectivity index (χ1) is 7.18. The average molecular weight is 237 g/mol. The Hall–Kier alpha value is -0.995. The number of hydrogen-bond donors (Lipinski definition) is 2. The van der Waals surface area contributed by atoms with Crippen LogP contribution < -0.4 is 4.74 Å². The Morgan fingerprint density at radius 3 is 1.41 bits per heavy atom. The molecule has 0 fully saturated rings. The number of para-hydroxylation sites is 1.